The molecule has 2 heterocycles. The van der Waals surface area contributed by atoms with E-state index in [-0.39, 0.29) is 5.41 Å². The number of hydrogen-bond donors (Lipinski definition) is 0. The Bertz CT molecular complexity index is 660. The second-order valence-corrected chi connectivity index (χ2v) is 7.27. The normalized spacial score (nSPS) is 29.7. The molecule has 0 N–H and O–H groups in total. The van der Waals surface area contributed by atoms with Crippen LogP contribution in [0.15, 0.2) is 42.9 Å². The molecule has 0 spiro atoms. The fourth-order valence-corrected chi connectivity index (χ4v) is 3.76. The van der Waals surface area contributed by atoms with E-state index in [0.717, 1.165) is 0 Å². The van der Waals surface area contributed by atoms with Gasteiger partial charge < -0.3 is 0 Å². The van der Waals surface area contributed by atoms with Gasteiger partial charge in [0, 0.05) is 35.6 Å². The summed E-state index contributed by atoms with van der Waals surface area (Å²) in [4.78, 5) is 8.86. The highest BCUT2D eigenvalue weighted by Crippen LogP contribution is 2.54. The van der Waals surface area contributed by atoms with Gasteiger partial charge in [-0.1, -0.05) is 13.8 Å². The molecular weight excluding hydrogens is 256 g/mol. The first-order valence-electron chi connectivity index (χ1n) is 7.99. The lowest BCUT2D eigenvalue weighted by atomic mass is 9.57. The Morgan fingerprint density at radius 3 is 2.29 bits per heavy atom. The van der Waals surface area contributed by atoms with Crippen molar-refractivity contribution in [1.82, 2.24) is 9.97 Å². The third kappa shape index (κ3) is 2.00. The number of pyridine rings is 2. The molecule has 0 radical (unpaired) electrons. The molecule has 2 aromatic rings. The molecule has 2 nitrogen and oxygen atoms in total. The standard InChI is InChI=1S/C19H22N2/c1-18(8-9-18)15-6-12-21-17(13-15)16-3-7-19(16,2)14-4-10-20-11-5-14/h4-6,10-13,16H,3,7-9H2,1-2H3/t16?,19-/m1/s1. The summed E-state index contributed by atoms with van der Waals surface area (Å²) in [6.07, 6.45) is 11.0. The van der Waals surface area contributed by atoms with E-state index in [2.05, 4.69) is 43.1 Å². The van der Waals surface area contributed by atoms with Gasteiger partial charge in [0.05, 0.1) is 0 Å². The average Bonchev–Trinajstić information content (AvgIpc) is 3.26. The zero-order valence-electron chi connectivity index (χ0n) is 12.8. The molecule has 1 unspecified atom stereocenters. The summed E-state index contributed by atoms with van der Waals surface area (Å²) in [5.74, 6) is 0.544. The van der Waals surface area contributed by atoms with Gasteiger partial charge in [-0.15, -0.1) is 0 Å². The summed E-state index contributed by atoms with van der Waals surface area (Å²) < 4.78 is 0. The molecule has 2 aliphatic rings. The van der Waals surface area contributed by atoms with E-state index in [0.29, 0.717) is 11.3 Å². The molecule has 0 aromatic carbocycles. The Hall–Kier alpha value is -1.70. The highest BCUT2D eigenvalue weighted by atomic mass is 14.7. The van der Waals surface area contributed by atoms with Gasteiger partial charge in [-0.25, -0.2) is 0 Å². The van der Waals surface area contributed by atoms with Gasteiger partial charge in [-0.3, -0.25) is 9.97 Å². The first-order valence-corrected chi connectivity index (χ1v) is 7.99. The van der Waals surface area contributed by atoms with Crippen molar-refractivity contribution in [3.05, 3.63) is 59.7 Å². The van der Waals surface area contributed by atoms with Crippen LogP contribution in [0.4, 0.5) is 0 Å². The van der Waals surface area contributed by atoms with Crippen LogP contribution in [-0.4, -0.2) is 9.97 Å². The van der Waals surface area contributed by atoms with Crippen molar-refractivity contribution in [2.75, 3.05) is 0 Å². The lowest BCUT2D eigenvalue weighted by Crippen LogP contribution is -2.40. The summed E-state index contributed by atoms with van der Waals surface area (Å²) in [7, 11) is 0. The maximum Gasteiger partial charge on any atom is 0.0446 e. The van der Waals surface area contributed by atoms with Gasteiger partial charge in [0.15, 0.2) is 0 Å². The molecule has 2 aliphatic carbocycles. The van der Waals surface area contributed by atoms with Crippen LogP contribution >= 0.6 is 0 Å². The number of nitrogens with zero attached hydrogens (tertiary/aromatic N) is 2. The van der Waals surface area contributed by atoms with Crippen LogP contribution in [0.5, 0.6) is 0 Å². The van der Waals surface area contributed by atoms with E-state index in [1.165, 1.54) is 42.5 Å². The molecule has 0 saturated heterocycles. The van der Waals surface area contributed by atoms with Crippen molar-refractivity contribution in [3.8, 4) is 0 Å². The van der Waals surface area contributed by atoms with E-state index in [4.69, 9.17) is 4.98 Å². The fourth-order valence-electron chi connectivity index (χ4n) is 3.76. The maximum atomic E-state index is 4.71. The molecule has 2 aromatic heterocycles. The van der Waals surface area contributed by atoms with E-state index in [1.807, 2.05) is 18.6 Å². The van der Waals surface area contributed by atoms with E-state index < -0.39 is 0 Å². The Morgan fingerprint density at radius 1 is 0.952 bits per heavy atom. The molecule has 2 atom stereocenters. The Labute approximate surface area is 126 Å². The van der Waals surface area contributed by atoms with Crippen LogP contribution in [0.25, 0.3) is 0 Å². The first kappa shape index (κ1) is 13.0. The summed E-state index contributed by atoms with van der Waals surface area (Å²) in [5.41, 5.74) is 4.81. The zero-order chi connectivity index (χ0) is 14.5. The van der Waals surface area contributed by atoms with Crippen LogP contribution < -0.4 is 0 Å². The minimum Gasteiger partial charge on any atom is -0.265 e. The second kappa shape index (κ2) is 4.40. The van der Waals surface area contributed by atoms with E-state index in [9.17, 15) is 0 Å². The van der Waals surface area contributed by atoms with Crippen LogP contribution in [0.1, 0.15) is 62.3 Å². The van der Waals surface area contributed by atoms with Crippen molar-refractivity contribution in [3.63, 3.8) is 0 Å². The first-order chi connectivity index (χ1) is 10.1. The molecule has 2 heteroatoms. The van der Waals surface area contributed by atoms with Crippen LogP contribution in [0.3, 0.4) is 0 Å². The van der Waals surface area contributed by atoms with Crippen LogP contribution in [0.2, 0.25) is 0 Å². The van der Waals surface area contributed by atoms with Crippen molar-refractivity contribution in [1.29, 1.82) is 0 Å². The fraction of sp³-hybridized carbons (Fsp3) is 0.474. The minimum atomic E-state index is 0.221. The molecule has 0 amide bonds. The lowest BCUT2D eigenvalue weighted by molar-refractivity contribution is 0.210. The predicted octanol–water partition coefficient (Wildman–Crippen LogP) is 4.36. The van der Waals surface area contributed by atoms with Crippen molar-refractivity contribution < 1.29 is 0 Å². The molecule has 2 saturated carbocycles. The van der Waals surface area contributed by atoms with Gasteiger partial charge in [0.25, 0.3) is 0 Å². The van der Waals surface area contributed by atoms with Gasteiger partial charge in [0.2, 0.25) is 0 Å². The molecular formula is C19H22N2. The predicted molar refractivity (Wildman–Crippen MR) is 84.4 cm³/mol. The quantitative estimate of drug-likeness (QED) is 0.833. The molecule has 108 valence electrons. The summed E-state index contributed by atoms with van der Waals surface area (Å²) in [5, 5.41) is 0. The number of rotatable bonds is 3. The molecule has 21 heavy (non-hydrogen) atoms. The smallest absolute Gasteiger partial charge is 0.0446 e. The molecule has 4 rings (SSSR count). The lowest BCUT2D eigenvalue weighted by Gasteiger charge is -2.47. The van der Waals surface area contributed by atoms with Crippen molar-refractivity contribution in [2.24, 2.45) is 0 Å². The Kier molecular flexibility index (Phi) is 2.72. The van der Waals surface area contributed by atoms with Gasteiger partial charge in [0.1, 0.15) is 0 Å². The second-order valence-electron chi connectivity index (χ2n) is 7.27. The summed E-state index contributed by atoms with van der Waals surface area (Å²) >= 11 is 0. The average molecular weight is 278 g/mol. The van der Waals surface area contributed by atoms with Crippen LogP contribution in [-0.2, 0) is 10.8 Å². The molecule has 2 fully saturated rings. The molecule has 0 aliphatic heterocycles. The Morgan fingerprint density at radius 2 is 1.67 bits per heavy atom. The van der Waals surface area contributed by atoms with Gasteiger partial charge >= 0.3 is 0 Å². The molecule has 0 bridgehead atoms. The zero-order valence-corrected chi connectivity index (χ0v) is 12.8. The SMILES string of the molecule is CC1(c2ccnc(C3CC[C@]3(C)c3ccncc3)c2)CC1. The van der Waals surface area contributed by atoms with Gasteiger partial charge in [-0.05, 0) is 66.5 Å². The monoisotopic (exact) mass is 278 g/mol. The van der Waals surface area contributed by atoms with Gasteiger partial charge in [-0.2, -0.15) is 0 Å². The number of aromatic nitrogens is 2. The third-order valence-electron chi connectivity index (χ3n) is 5.90. The van der Waals surface area contributed by atoms with Crippen LogP contribution in [0, 0.1) is 0 Å². The highest BCUT2D eigenvalue weighted by Gasteiger charge is 2.46. The minimum absolute atomic E-state index is 0.221. The maximum absolute atomic E-state index is 4.71. The summed E-state index contributed by atoms with van der Waals surface area (Å²) in [6.45, 7) is 4.75. The number of hydrogen-bond acceptors (Lipinski definition) is 2. The van der Waals surface area contributed by atoms with E-state index >= 15 is 0 Å². The van der Waals surface area contributed by atoms with Crippen molar-refractivity contribution in [2.45, 2.75) is 56.3 Å². The largest absolute Gasteiger partial charge is 0.265 e. The third-order valence-corrected chi connectivity index (χ3v) is 5.90. The highest BCUT2D eigenvalue weighted by molar-refractivity contribution is 5.37. The Balaban J connectivity index is 1.68. The van der Waals surface area contributed by atoms with E-state index in [1.54, 1.807) is 0 Å². The topological polar surface area (TPSA) is 25.8 Å². The van der Waals surface area contributed by atoms with Crippen molar-refractivity contribution >= 4 is 0 Å². The summed E-state index contributed by atoms with van der Waals surface area (Å²) in [6, 6.07) is 8.91.